The molecular formula is C15H13ClN4O4S. The van der Waals surface area contributed by atoms with E-state index < -0.39 is 16.1 Å². The van der Waals surface area contributed by atoms with E-state index in [1.807, 2.05) is 4.72 Å². The molecule has 130 valence electrons. The molecule has 0 aliphatic carbocycles. The molecule has 0 aliphatic heterocycles. The molecule has 2 heterocycles. The van der Waals surface area contributed by atoms with Crippen LogP contribution in [0.15, 0.2) is 41.4 Å². The first-order chi connectivity index (χ1) is 11.8. The second-order valence-electron chi connectivity index (χ2n) is 5.19. The number of carbonyl (C=O) groups excluding carboxylic acids is 1. The van der Waals surface area contributed by atoms with Crippen molar-refractivity contribution >= 4 is 33.5 Å². The van der Waals surface area contributed by atoms with Gasteiger partial charge < -0.3 is 4.74 Å². The van der Waals surface area contributed by atoms with Gasteiger partial charge in [-0.15, -0.1) is 0 Å². The third-order valence-electron chi connectivity index (χ3n) is 3.25. The Bertz CT molecular complexity index is 1060. The van der Waals surface area contributed by atoms with Crippen LogP contribution in [0.4, 0.5) is 4.79 Å². The normalized spacial score (nSPS) is 11.5. The van der Waals surface area contributed by atoms with E-state index in [9.17, 15) is 13.2 Å². The third-order valence-corrected chi connectivity index (χ3v) is 4.95. The number of nitrogens with zero attached hydrogens (tertiary/aromatic N) is 3. The molecule has 0 saturated carbocycles. The highest BCUT2D eigenvalue weighted by molar-refractivity contribution is 7.90. The fourth-order valence-corrected chi connectivity index (χ4v) is 3.88. The van der Waals surface area contributed by atoms with Gasteiger partial charge >= 0.3 is 6.09 Å². The van der Waals surface area contributed by atoms with Crippen molar-refractivity contribution in [1.82, 2.24) is 19.1 Å². The van der Waals surface area contributed by atoms with E-state index in [1.54, 1.807) is 38.1 Å². The Kier molecular flexibility index (Phi) is 4.36. The Labute approximate surface area is 148 Å². The summed E-state index contributed by atoms with van der Waals surface area (Å²) in [7, 11) is -4.32. The molecule has 3 aromatic rings. The highest BCUT2D eigenvalue weighted by atomic mass is 35.5. The number of amides is 1. The Morgan fingerprint density at radius 1 is 1.20 bits per heavy atom. The van der Waals surface area contributed by atoms with Gasteiger partial charge in [0.1, 0.15) is 5.75 Å². The zero-order chi connectivity index (χ0) is 18.2. The number of carbonyl (C=O) groups is 1. The maximum Gasteiger partial charge on any atom is 0.426 e. The van der Waals surface area contributed by atoms with Crippen molar-refractivity contribution in [2.45, 2.75) is 18.9 Å². The molecule has 0 fully saturated rings. The smallest absolute Gasteiger partial charge is 0.410 e. The van der Waals surface area contributed by atoms with Crippen LogP contribution in [0.1, 0.15) is 11.4 Å². The van der Waals surface area contributed by atoms with Crippen molar-refractivity contribution in [3.63, 3.8) is 0 Å². The van der Waals surface area contributed by atoms with E-state index in [4.69, 9.17) is 16.3 Å². The van der Waals surface area contributed by atoms with Crippen molar-refractivity contribution in [1.29, 1.82) is 0 Å². The van der Waals surface area contributed by atoms with Gasteiger partial charge in [-0.2, -0.15) is 13.4 Å². The van der Waals surface area contributed by atoms with E-state index in [0.717, 1.165) is 0 Å². The molecule has 10 heteroatoms. The molecule has 3 rings (SSSR count). The Balaban J connectivity index is 1.96. The van der Waals surface area contributed by atoms with Gasteiger partial charge in [-0.1, -0.05) is 29.8 Å². The minimum atomic E-state index is -4.32. The van der Waals surface area contributed by atoms with Crippen molar-refractivity contribution < 1.29 is 17.9 Å². The Morgan fingerprint density at radius 2 is 1.88 bits per heavy atom. The number of rotatable bonds is 3. The van der Waals surface area contributed by atoms with Crippen LogP contribution in [-0.4, -0.2) is 28.9 Å². The van der Waals surface area contributed by atoms with E-state index in [-0.39, 0.29) is 21.7 Å². The number of aromatic nitrogens is 3. The molecule has 0 atom stereocenters. The lowest BCUT2D eigenvalue weighted by Crippen LogP contribution is -2.34. The summed E-state index contributed by atoms with van der Waals surface area (Å²) in [6.45, 7) is 3.43. The number of benzene rings is 1. The molecule has 25 heavy (non-hydrogen) atoms. The first-order valence-electron chi connectivity index (χ1n) is 7.10. The predicted molar refractivity (Wildman–Crippen MR) is 90.3 cm³/mol. The summed E-state index contributed by atoms with van der Waals surface area (Å²) >= 11 is 5.98. The second kappa shape index (κ2) is 6.34. The number of sulfonamides is 1. The van der Waals surface area contributed by atoms with Crippen LogP contribution in [0.5, 0.6) is 5.75 Å². The number of imidazole rings is 1. The maximum absolute atomic E-state index is 12.6. The zero-order valence-electron chi connectivity index (χ0n) is 13.2. The van der Waals surface area contributed by atoms with Crippen LogP contribution in [0.2, 0.25) is 5.15 Å². The van der Waals surface area contributed by atoms with Crippen LogP contribution in [0, 0.1) is 13.8 Å². The molecular weight excluding hydrogens is 368 g/mol. The van der Waals surface area contributed by atoms with E-state index in [1.165, 1.54) is 16.5 Å². The van der Waals surface area contributed by atoms with Crippen LogP contribution >= 0.6 is 11.6 Å². The quantitative estimate of drug-likeness (QED) is 0.748. The van der Waals surface area contributed by atoms with Crippen molar-refractivity contribution in [2.75, 3.05) is 0 Å². The standard InChI is InChI=1S/C15H13ClN4O4S/c1-9-8-10(2)20-13(12(16)18-14(20)17-9)25(22,23)19-15(21)24-11-6-4-3-5-7-11/h3-8H,1-2H3,(H,19,21). The monoisotopic (exact) mass is 380 g/mol. The van der Waals surface area contributed by atoms with Gasteiger partial charge in [-0.25, -0.2) is 14.5 Å². The first-order valence-corrected chi connectivity index (χ1v) is 8.96. The first kappa shape index (κ1) is 17.2. The average Bonchev–Trinajstić information content (AvgIpc) is 2.84. The highest BCUT2D eigenvalue weighted by Gasteiger charge is 2.28. The molecule has 0 radical (unpaired) electrons. The summed E-state index contributed by atoms with van der Waals surface area (Å²) in [5, 5.41) is -0.666. The van der Waals surface area contributed by atoms with Gasteiger partial charge in [-0.3, -0.25) is 4.40 Å². The summed E-state index contributed by atoms with van der Waals surface area (Å²) in [4.78, 5) is 20.0. The summed E-state index contributed by atoms with van der Waals surface area (Å²) in [5.41, 5.74) is 1.21. The molecule has 1 amide bonds. The van der Waals surface area contributed by atoms with Gasteiger partial charge in [0.2, 0.25) is 10.8 Å². The van der Waals surface area contributed by atoms with Crippen LogP contribution in [-0.2, 0) is 10.0 Å². The SMILES string of the molecule is Cc1cc(C)n2c(S(=O)(=O)NC(=O)Oc3ccccc3)c(Cl)nc2n1. The van der Waals surface area contributed by atoms with Gasteiger partial charge in [0.15, 0.2) is 5.15 Å². The second-order valence-corrected chi connectivity index (χ2v) is 7.15. The van der Waals surface area contributed by atoms with Crippen LogP contribution in [0.3, 0.4) is 0 Å². The number of para-hydroxylation sites is 1. The van der Waals surface area contributed by atoms with Gasteiger partial charge in [0.25, 0.3) is 10.0 Å². The van der Waals surface area contributed by atoms with Gasteiger partial charge in [0, 0.05) is 11.4 Å². The molecule has 8 nitrogen and oxygen atoms in total. The van der Waals surface area contributed by atoms with Crippen molar-refractivity contribution in [3.8, 4) is 5.75 Å². The molecule has 1 N–H and O–H groups in total. The number of hydrogen-bond donors (Lipinski definition) is 1. The molecule has 0 saturated heterocycles. The molecule has 0 aliphatic rings. The summed E-state index contributed by atoms with van der Waals surface area (Å²) in [6.07, 6.45) is -1.16. The maximum atomic E-state index is 12.6. The number of hydrogen-bond acceptors (Lipinski definition) is 6. The number of halogens is 1. The lowest BCUT2D eigenvalue weighted by molar-refractivity contribution is 0.206. The minimum Gasteiger partial charge on any atom is -0.410 e. The summed E-state index contributed by atoms with van der Waals surface area (Å²) in [6, 6.07) is 9.74. The minimum absolute atomic E-state index is 0.124. The van der Waals surface area contributed by atoms with E-state index in [0.29, 0.717) is 11.4 Å². The van der Waals surface area contributed by atoms with Crippen LogP contribution < -0.4 is 9.46 Å². The predicted octanol–water partition coefficient (Wildman–Crippen LogP) is 2.48. The van der Waals surface area contributed by atoms with Gasteiger partial charge in [-0.05, 0) is 32.0 Å². The number of ether oxygens (including phenoxy) is 1. The average molecular weight is 381 g/mol. The number of nitrogens with one attached hydrogen (secondary N) is 1. The van der Waals surface area contributed by atoms with E-state index >= 15 is 0 Å². The number of aryl methyl sites for hydroxylation is 2. The Morgan fingerprint density at radius 3 is 2.56 bits per heavy atom. The summed E-state index contributed by atoms with van der Waals surface area (Å²) in [5.74, 6) is 0.326. The Hall–Kier alpha value is -2.65. The molecule has 2 aromatic heterocycles. The van der Waals surface area contributed by atoms with Crippen LogP contribution in [0.25, 0.3) is 5.78 Å². The lowest BCUT2D eigenvalue weighted by atomic mass is 10.3. The highest BCUT2D eigenvalue weighted by Crippen LogP contribution is 2.23. The third kappa shape index (κ3) is 3.42. The molecule has 1 aromatic carbocycles. The molecule has 0 unspecified atom stereocenters. The zero-order valence-corrected chi connectivity index (χ0v) is 14.8. The van der Waals surface area contributed by atoms with Crippen molar-refractivity contribution in [3.05, 3.63) is 52.9 Å². The topological polar surface area (TPSA) is 103 Å². The summed E-state index contributed by atoms with van der Waals surface area (Å²) < 4.78 is 33.2. The fourth-order valence-electron chi connectivity index (χ4n) is 2.32. The molecule has 0 spiro atoms. The fraction of sp³-hybridized carbons (Fsp3) is 0.133. The lowest BCUT2D eigenvalue weighted by Gasteiger charge is -2.09. The number of fused-ring (bicyclic) bond motifs is 1. The van der Waals surface area contributed by atoms with Crippen molar-refractivity contribution in [2.24, 2.45) is 0 Å². The molecule has 0 bridgehead atoms. The van der Waals surface area contributed by atoms with E-state index in [2.05, 4.69) is 9.97 Å². The largest absolute Gasteiger partial charge is 0.426 e. The van der Waals surface area contributed by atoms with Gasteiger partial charge in [0.05, 0.1) is 0 Å².